The molecule has 2 aliphatic rings. The van der Waals surface area contributed by atoms with Crippen LogP contribution < -0.4 is 15.4 Å². The number of carbonyl (C=O) groups is 3. The van der Waals surface area contributed by atoms with Gasteiger partial charge >= 0.3 is 0 Å². The van der Waals surface area contributed by atoms with E-state index in [9.17, 15) is 14.4 Å². The molecule has 4 rings (SSSR count). The molecular formula is C26H31N3O5. The Bertz CT molecular complexity index is 1070. The van der Waals surface area contributed by atoms with Crippen LogP contribution in [0.2, 0.25) is 0 Å². The highest BCUT2D eigenvalue weighted by atomic mass is 16.5. The molecule has 0 saturated carbocycles. The molecule has 0 aromatic heterocycles. The summed E-state index contributed by atoms with van der Waals surface area (Å²) in [5, 5.41) is 5.70. The van der Waals surface area contributed by atoms with Crippen molar-refractivity contribution in [1.82, 2.24) is 4.90 Å². The molecule has 2 N–H and O–H groups in total. The van der Waals surface area contributed by atoms with Crippen LogP contribution in [-0.4, -0.2) is 54.5 Å². The fourth-order valence-electron chi connectivity index (χ4n) is 4.41. The summed E-state index contributed by atoms with van der Waals surface area (Å²) in [5.74, 6) is 0.0466. The first-order valence-corrected chi connectivity index (χ1v) is 11.7. The Labute approximate surface area is 199 Å². The standard InChI is InChI=1S/C26H31N3O5/c1-4-24(30)28-18-9-12-22-20(13-18)26(32)29(3)21-11-10-19(34-23(21)15-33-22)14-25(31)27-17-7-5-16(2)6-8-17/h5-9,12-13,19,21,23H,4,10-11,14-15H2,1-3H3,(H,27,31)(H,28,30)/t19-,21+,23-/m1/s1. The van der Waals surface area contributed by atoms with Gasteiger partial charge in [-0.25, -0.2) is 0 Å². The van der Waals surface area contributed by atoms with Crippen molar-refractivity contribution in [3.63, 3.8) is 0 Å². The number of hydrogen-bond donors (Lipinski definition) is 2. The lowest BCUT2D eigenvalue weighted by atomic mass is 9.94. The third kappa shape index (κ3) is 5.39. The topological polar surface area (TPSA) is 97.0 Å². The van der Waals surface area contributed by atoms with E-state index in [2.05, 4.69) is 10.6 Å². The van der Waals surface area contributed by atoms with Crippen LogP contribution in [0.4, 0.5) is 11.4 Å². The van der Waals surface area contributed by atoms with Crippen LogP contribution in [0.1, 0.15) is 48.5 Å². The molecule has 8 heteroatoms. The molecule has 3 atom stereocenters. The van der Waals surface area contributed by atoms with Crippen LogP contribution in [0.5, 0.6) is 5.75 Å². The van der Waals surface area contributed by atoms with Crippen LogP contribution in [0.3, 0.4) is 0 Å². The highest BCUT2D eigenvalue weighted by molar-refractivity contribution is 5.99. The number of fused-ring (bicyclic) bond motifs is 2. The van der Waals surface area contributed by atoms with Gasteiger partial charge in [0.2, 0.25) is 11.8 Å². The van der Waals surface area contributed by atoms with Crippen LogP contribution >= 0.6 is 0 Å². The van der Waals surface area contributed by atoms with Gasteiger partial charge in [0.05, 0.1) is 24.1 Å². The van der Waals surface area contributed by atoms with Crippen LogP contribution in [0.15, 0.2) is 42.5 Å². The van der Waals surface area contributed by atoms with Crippen molar-refractivity contribution in [1.29, 1.82) is 0 Å². The van der Waals surface area contributed by atoms with E-state index < -0.39 is 0 Å². The Morgan fingerprint density at radius 1 is 1.03 bits per heavy atom. The predicted octanol–water partition coefficient (Wildman–Crippen LogP) is 3.75. The molecule has 0 bridgehead atoms. The van der Waals surface area contributed by atoms with E-state index in [0.29, 0.717) is 36.3 Å². The van der Waals surface area contributed by atoms with Gasteiger partial charge in [-0.15, -0.1) is 0 Å². The molecule has 2 aromatic carbocycles. The quantitative estimate of drug-likeness (QED) is 0.701. The number of amides is 3. The smallest absolute Gasteiger partial charge is 0.257 e. The number of likely N-dealkylation sites (N-methyl/N-ethyl adjacent to an activating group) is 1. The summed E-state index contributed by atoms with van der Waals surface area (Å²) >= 11 is 0. The third-order valence-electron chi connectivity index (χ3n) is 6.36. The first kappa shape index (κ1) is 23.8. The lowest BCUT2D eigenvalue weighted by molar-refractivity contribution is -0.130. The highest BCUT2D eigenvalue weighted by Crippen LogP contribution is 2.32. The van der Waals surface area contributed by atoms with Gasteiger partial charge < -0.3 is 25.0 Å². The Morgan fingerprint density at radius 3 is 2.47 bits per heavy atom. The minimum Gasteiger partial charge on any atom is -0.490 e. The molecule has 0 spiro atoms. The Morgan fingerprint density at radius 2 is 1.74 bits per heavy atom. The number of hydrogen-bond acceptors (Lipinski definition) is 5. The summed E-state index contributed by atoms with van der Waals surface area (Å²) < 4.78 is 12.2. The van der Waals surface area contributed by atoms with E-state index in [-0.39, 0.29) is 49.0 Å². The Kier molecular flexibility index (Phi) is 7.17. The van der Waals surface area contributed by atoms with Crippen LogP contribution in [0, 0.1) is 6.92 Å². The van der Waals surface area contributed by atoms with E-state index in [1.807, 2.05) is 31.2 Å². The maximum atomic E-state index is 13.3. The molecule has 3 amide bonds. The lowest BCUT2D eigenvalue weighted by Gasteiger charge is -2.42. The van der Waals surface area contributed by atoms with Gasteiger partial charge in [0, 0.05) is 24.8 Å². The molecule has 180 valence electrons. The minimum absolute atomic E-state index is 0.101. The van der Waals surface area contributed by atoms with Gasteiger partial charge in [-0.3, -0.25) is 14.4 Å². The second kappa shape index (κ2) is 10.3. The monoisotopic (exact) mass is 465 g/mol. The number of ether oxygens (including phenoxy) is 2. The average Bonchev–Trinajstić information content (AvgIpc) is 2.83. The number of rotatable bonds is 5. The summed E-state index contributed by atoms with van der Waals surface area (Å²) in [6, 6.07) is 12.6. The molecule has 8 nitrogen and oxygen atoms in total. The molecule has 2 aromatic rings. The highest BCUT2D eigenvalue weighted by Gasteiger charge is 2.39. The van der Waals surface area contributed by atoms with E-state index in [1.165, 1.54) is 0 Å². The fourth-order valence-corrected chi connectivity index (χ4v) is 4.41. The van der Waals surface area contributed by atoms with Gasteiger partial charge in [0.15, 0.2) is 0 Å². The normalized spacial score (nSPS) is 21.9. The average molecular weight is 466 g/mol. The first-order valence-electron chi connectivity index (χ1n) is 11.7. The molecular weight excluding hydrogens is 434 g/mol. The van der Waals surface area contributed by atoms with Crippen molar-refractivity contribution in [2.75, 3.05) is 24.3 Å². The molecule has 34 heavy (non-hydrogen) atoms. The largest absolute Gasteiger partial charge is 0.490 e. The lowest BCUT2D eigenvalue weighted by Crippen LogP contribution is -2.53. The number of aryl methyl sites for hydroxylation is 1. The van der Waals surface area contributed by atoms with E-state index in [4.69, 9.17) is 9.47 Å². The SMILES string of the molecule is CCC(=O)Nc1ccc2c(c1)C(=O)N(C)[C@H]1CC[C@H](CC(=O)Nc3ccc(C)cc3)O[C@@H]1CO2. The number of carbonyl (C=O) groups excluding carboxylic acids is 3. The Balaban J connectivity index is 1.42. The molecule has 0 radical (unpaired) electrons. The molecule has 2 heterocycles. The zero-order chi connectivity index (χ0) is 24.2. The van der Waals surface area contributed by atoms with Crippen molar-refractivity contribution in [3.05, 3.63) is 53.6 Å². The summed E-state index contributed by atoms with van der Waals surface area (Å²) in [5.41, 5.74) is 2.86. The molecule has 0 unspecified atom stereocenters. The van der Waals surface area contributed by atoms with E-state index >= 15 is 0 Å². The molecule has 0 aliphatic carbocycles. The maximum absolute atomic E-state index is 13.3. The van der Waals surface area contributed by atoms with Gasteiger partial charge in [0.1, 0.15) is 18.5 Å². The molecule has 2 aliphatic heterocycles. The van der Waals surface area contributed by atoms with Crippen molar-refractivity contribution in [2.24, 2.45) is 0 Å². The maximum Gasteiger partial charge on any atom is 0.257 e. The van der Waals surface area contributed by atoms with Crippen molar-refractivity contribution in [3.8, 4) is 5.75 Å². The van der Waals surface area contributed by atoms with E-state index in [1.54, 1.807) is 37.1 Å². The number of benzene rings is 2. The number of anilines is 2. The molecule has 1 fully saturated rings. The zero-order valence-electron chi connectivity index (χ0n) is 19.8. The number of nitrogens with one attached hydrogen (secondary N) is 2. The predicted molar refractivity (Wildman–Crippen MR) is 129 cm³/mol. The van der Waals surface area contributed by atoms with Crippen molar-refractivity contribution in [2.45, 2.75) is 57.8 Å². The zero-order valence-corrected chi connectivity index (χ0v) is 19.8. The second-order valence-corrected chi connectivity index (χ2v) is 8.90. The van der Waals surface area contributed by atoms with Gasteiger partial charge in [-0.05, 0) is 50.1 Å². The Hall–Kier alpha value is -3.39. The fraction of sp³-hybridized carbons (Fsp3) is 0.423. The van der Waals surface area contributed by atoms with Crippen LogP contribution in [-0.2, 0) is 14.3 Å². The molecule has 1 saturated heterocycles. The summed E-state index contributed by atoms with van der Waals surface area (Å²) in [6.45, 7) is 4.04. The summed E-state index contributed by atoms with van der Waals surface area (Å²) in [4.78, 5) is 39.2. The van der Waals surface area contributed by atoms with Crippen LogP contribution in [0.25, 0.3) is 0 Å². The number of nitrogens with zero attached hydrogens (tertiary/aromatic N) is 1. The van der Waals surface area contributed by atoms with Crippen molar-refractivity contribution < 1.29 is 23.9 Å². The first-order chi connectivity index (χ1) is 16.3. The third-order valence-corrected chi connectivity index (χ3v) is 6.36. The van der Waals surface area contributed by atoms with Crippen molar-refractivity contribution >= 4 is 29.1 Å². The summed E-state index contributed by atoms with van der Waals surface area (Å²) in [7, 11) is 1.76. The second-order valence-electron chi connectivity index (χ2n) is 8.90. The van der Waals surface area contributed by atoms with E-state index in [0.717, 1.165) is 11.3 Å². The summed E-state index contributed by atoms with van der Waals surface area (Å²) in [6.07, 6.45) is 1.38. The van der Waals surface area contributed by atoms with Gasteiger partial charge in [0.25, 0.3) is 5.91 Å². The van der Waals surface area contributed by atoms with Gasteiger partial charge in [-0.2, -0.15) is 0 Å². The van der Waals surface area contributed by atoms with Gasteiger partial charge in [-0.1, -0.05) is 24.6 Å². The minimum atomic E-state index is -0.340.